The molecule has 1 N–H and O–H groups in total. The van der Waals surface area contributed by atoms with Crippen molar-refractivity contribution < 1.29 is 4.74 Å². The molecule has 3 aromatic rings. The summed E-state index contributed by atoms with van der Waals surface area (Å²) >= 11 is 0. The number of imidazole rings is 1. The van der Waals surface area contributed by atoms with E-state index >= 15 is 0 Å². The molecule has 118 valence electrons. The average Bonchev–Trinajstić information content (AvgIpc) is 3.22. The molecular weight excluding hydrogens is 288 g/mol. The molecule has 0 bridgehead atoms. The van der Waals surface area contributed by atoms with Crippen molar-refractivity contribution in [2.24, 2.45) is 0 Å². The van der Waals surface area contributed by atoms with Gasteiger partial charge >= 0.3 is 0 Å². The molecule has 0 spiro atoms. The molecule has 2 aromatic heterocycles. The Kier molecular flexibility index (Phi) is 3.71. The van der Waals surface area contributed by atoms with E-state index in [0.29, 0.717) is 0 Å². The molecule has 3 heterocycles. The minimum Gasteiger partial charge on any atom is -0.496 e. The Hall–Kier alpha value is -2.40. The van der Waals surface area contributed by atoms with E-state index in [1.54, 1.807) is 7.11 Å². The molecule has 5 heteroatoms. The van der Waals surface area contributed by atoms with Crippen molar-refractivity contribution in [3.63, 3.8) is 0 Å². The summed E-state index contributed by atoms with van der Waals surface area (Å²) in [5.74, 6) is 1.93. The van der Waals surface area contributed by atoms with E-state index in [4.69, 9.17) is 9.72 Å². The van der Waals surface area contributed by atoms with Gasteiger partial charge in [-0.3, -0.25) is 9.88 Å². The van der Waals surface area contributed by atoms with E-state index in [1.165, 1.54) is 6.42 Å². The highest BCUT2D eigenvalue weighted by atomic mass is 16.5. The zero-order chi connectivity index (χ0) is 15.6. The summed E-state index contributed by atoms with van der Waals surface area (Å²) in [6.07, 6.45) is 5.15. The fraction of sp³-hybridized carbons (Fsp3) is 0.333. The molecule has 1 atom stereocenters. The SMILES string of the molecule is COc1ccccc1Cc1nc2cccnc2n1C1CCCN1. The van der Waals surface area contributed by atoms with Gasteiger partial charge in [-0.1, -0.05) is 18.2 Å². The van der Waals surface area contributed by atoms with Crippen molar-refractivity contribution in [2.75, 3.05) is 13.7 Å². The van der Waals surface area contributed by atoms with Crippen LogP contribution in [0, 0.1) is 0 Å². The topological polar surface area (TPSA) is 52.0 Å². The third-order valence-electron chi connectivity index (χ3n) is 4.41. The summed E-state index contributed by atoms with van der Waals surface area (Å²) in [6.45, 7) is 1.05. The second kappa shape index (κ2) is 6.01. The molecular formula is C18H20N4O. The molecule has 1 saturated heterocycles. The highest BCUT2D eigenvalue weighted by Crippen LogP contribution is 2.27. The molecule has 0 saturated carbocycles. The molecule has 1 aliphatic rings. The van der Waals surface area contributed by atoms with Crippen molar-refractivity contribution in [2.45, 2.75) is 25.4 Å². The summed E-state index contributed by atoms with van der Waals surface area (Å²) in [5, 5.41) is 3.56. The summed E-state index contributed by atoms with van der Waals surface area (Å²) < 4.78 is 7.75. The summed E-state index contributed by atoms with van der Waals surface area (Å²) in [4.78, 5) is 9.39. The number of rotatable bonds is 4. The van der Waals surface area contributed by atoms with Crippen LogP contribution in [-0.4, -0.2) is 28.2 Å². The highest BCUT2D eigenvalue weighted by Gasteiger charge is 2.23. The summed E-state index contributed by atoms with van der Waals surface area (Å²) in [7, 11) is 1.71. The number of fused-ring (bicyclic) bond motifs is 1. The van der Waals surface area contributed by atoms with Gasteiger partial charge in [0.2, 0.25) is 0 Å². The normalized spacial score (nSPS) is 17.7. The maximum absolute atomic E-state index is 5.49. The van der Waals surface area contributed by atoms with Crippen molar-refractivity contribution in [3.8, 4) is 5.75 Å². The van der Waals surface area contributed by atoms with Crippen LogP contribution in [0.1, 0.15) is 30.4 Å². The Morgan fingerprint density at radius 1 is 1.26 bits per heavy atom. The fourth-order valence-corrected chi connectivity index (χ4v) is 3.33. The maximum atomic E-state index is 5.49. The number of hydrogen-bond donors (Lipinski definition) is 1. The van der Waals surface area contributed by atoms with Gasteiger partial charge in [0, 0.05) is 18.2 Å². The molecule has 0 aliphatic carbocycles. The first-order chi connectivity index (χ1) is 11.4. The van der Waals surface area contributed by atoms with E-state index in [2.05, 4.69) is 20.9 Å². The van der Waals surface area contributed by atoms with Gasteiger partial charge in [-0.25, -0.2) is 9.97 Å². The highest BCUT2D eigenvalue weighted by molar-refractivity contribution is 5.71. The number of para-hydroxylation sites is 1. The quantitative estimate of drug-likeness (QED) is 0.805. The van der Waals surface area contributed by atoms with Gasteiger partial charge in [0.05, 0.1) is 13.3 Å². The molecule has 1 aliphatic heterocycles. The number of pyridine rings is 1. The lowest BCUT2D eigenvalue weighted by Crippen LogP contribution is -2.22. The third-order valence-corrected chi connectivity index (χ3v) is 4.41. The van der Waals surface area contributed by atoms with Gasteiger partial charge in [-0.05, 0) is 37.6 Å². The molecule has 1 aromatic carbocycles. The van der Waals surface area contributed by atoms with Crippen molar-refractivity contribution in [1.29, 1.82) is 0 Å². The first kappa shape index (κ1) is 14.2. The van der Waals surface area contributed by atoms with E-state index < -0.39 is 0 Å². The lowest BCUT2D eigenvalue weighted by molar-refractivity contribution is 0.409. The van der Waals surface area contributed by atoms with Gasteiger partial charge in [-0.15, -0.1) is 0 Å². The van der Waals surface area contributed by atoms with E-state index in [1.807, 2.05) is 36.5 Å². The van der Waals surface area contributed by atoms with Crippen LogP contribution in [0.2, 0.25) is 0 Å². The standard InChI is InChI=1S/C18H20N4O/c1-23-15-8-3-2-6-13(15)12-17-21-14-7-4-11-20-18(14)22(17)16-9-5-10-19-16/h2-4,6-8,11,16,19H,5,9-10,12H2,1H3. The van der Waals surface area contributed by atoms with Gasteiger partial charge in [0.1, 0.15) is 17.1 Å². The Bertz CT molecular complexity index is 821. The molecule has 23 heavy (non-hydrogen) atoms. The number of aromatic nitrogens is 3. The van der Waals surface area contributed by atoms with Gasteiger partial charge in [0.25, 0.3) is 0 Å². The Balaban J connectivity index is 1.81. The smallest absolute Gasteiger partial charge is 0.161 e. The minimum absolute atomic E-state index is 0.277. The van der Waals surface area contributed by atoms with Crippen molar-refractivity contribution in [3.05, 3.63) is 54.0 Å². The van der Waals surface area contributed by atoms with Gasteiger partial charge in [-0.2, -0.15) is 0 Å². The van der Waals surface area contributed by atoms with Crippen LogP contribution in [0.3, 0.4) is 0 Å². The van der Waals surface area contributed by atoms with Gasteiger partial charge < -0.3 is 4.74 Å². The predicted molar refractivity (Wildman–Crippen MR) is 89.6 cm³/mol. The second-order valence-electron chi connectivity index (χ2n) is 5.84. The first-order valence-corrected chi connectivity index (χ1v) is 8.04. The molecule has 0 amide bonds. The lowest BCUT2D eigenvalue weighted by Gasteiger charge is -2.17. The second-order valence-corrected chi connectivity index (χ2v) is 5.84. The van der Waals surface area contributed by atoms with Crippen LogP contribution in [0.25, 0.3) is 11.2 Å². The number of hydrogen-bond acceptors (Lipinski definition) is 4. The third kappa shape index (κ3) is 2.57. The van der Waals surface area contributed by atoms with Crippen molar-refractivity contribution in [1.82, 2.24) is 19.9 Å². The van der Waals surface area contributed by atoms with Crippen LogP contribution in [-0.2, 0) is 6.42 Å². The Morgan fingerprint density at radius 2 is 2.17 bits per heavy atom. The van der Waals surface area contributed by atoms with E-state index in [0.717, 1.165) is 47.7 Å². The van der Waals surface area contributed by atoms with Crippen LogP contribution in [0.15, 0.2) is 42.6 Å². The summed E-state index contributed by atoms with van der Waals surface area (Å²) in [6, 6.07) is 12.1. The first-order valence-electron chi connectivity index (χ1n) is 8.04. The summed E-state index contributed by atoms with van der Waals surface area (Å²) in [5.41, 5.74) is 3.05. The fourth-order valence-electron chi connectivity index (χ4n) is 3.33. The average molecular weight is 308 g/mol. The molecule has 1 fully saturated rings. The minimum atomic E-state index is 0.277. The Labute approximate surface area is 135 Å². The number of nitrogens with zero attached hydrogens (tertiary/aromatic N) is 3. The zero-order valence-electron chi connectivity index (χ0n) is 13.2. The largest absolute Gasteiger partial charge is 0.496 e. The Morgan fingerprint density at radius 3 is 3.00 bits per heavy atom. The zero-order valence-corrected chi connectivity index (χ0v) is 13.2. The van der Waals surface area contributed by atoms with Crippen molar-refractivity contribution >= 4 is 11.2 Å². The van der Waals surface area contributed by atoms with E-state index in [-0.39, 0.29) is 6.17 Å². The monoisotopic (exact) mass is 308 g/mol. The molecule has 5 nitrogen and oxygen atoms in total. The lowest BCUT2D eigenvalue weighted by atomic mass is 10.1. The molecule has 1 unspecified atom stereocenters. The van der Waals surface area contributed by atoms with Crippen LogP contribution < -0.4 is 10.1 Å². The van der Waals surface area contributed by atoms with Gasteiger partial charge in [0.15, 0.2) is 5.65 Å². The molecule has 4 rings (SSSR count). The van der Waals surface area contributed by atoms with E-state index in [9.17, 15) is 0 Å². The molecule has 0 radical (unpaired) electrons. The number of benzene rings is 1. The van der Waals surface area contributed by atoms with Crippen LogP contribution in [0.4, 0.5) is 0 Å². The maximum Gasteiger partial charge on any atom is 0.161 e. The van der Waals surface area contributed by atoms with Crippen LogP contribution >= 0.6 is 0 Å². The predicted octanol–water partition coefficient (Wildman–Crippen LogP) is 2.91. The number of methoxy groups -OCH3 is 1. The van der Waals surface area contributed by atoms with Crippen LogP contribution in [0.5, 0.6) is 5.75 Å². The number of nitrogens with one attached hydrogen (secondary N) is 1. The number of ether oxygens (including phenoxy) is 1.